The van der Waals surface area contributed by atoms with E-state index in [0.29, 0.717) is 22.6 Å². The molecule has 0 aliphatic rings. The van der Waals surface area contributed by atoms with Gasteiger partial charge in [-0.05, 0) is 61.4 Å². The molecule has 3 rings (SSSR count). The molecule has 7 heteroatoms. The normalized spacial score (nSPS) is 10.4. The number of carbonyl (C=O) groups is 2. The first-order valence-corrected chi connectivity index (χ1v) is 9.20. The lowest BCUT2D eigenvalue weighted by atomic mass is 10.1. The molecular formula is C23H21NO6. The molecule has 1 aromatic heterocycles. The number of hydrogen-bond donors (Lipinski definition) is 1. The van der Waals surface area contributed by atoms with Crippen LogP contribution < -0.4 is 15.7 Å². The average Bonchev–Trinajstić information content (AvgIpc) is 2.72. The van der Waals surface area contributed by atoms with E-state index in [4.69, 9.17) is 13.9 Å². The number of ether oxygens (including phenoxy) is 2. The van der Waals surface area contributed by atoms with E-state index in [0.717, 1.165) is 5.56 Å². The SMILES string of the molecule is COc1ccc(NC(=O)c2ccc(COC(=O)c3c(C)cc(=O)oc3C)cc2)cc1. The van der Waals surface area contributed by atoms with Gasteiger partial charge in [0.1, 0.15) is 23.7 Å². The number of methoxy groups -OCH3 is 1. The molecule has 30 heavy (non-hydrogen) atoms. The number of aryl methyl sites for hydroxylation is 2. The third kappa shape index (κ3) is 4.94. The highest BCUT2D eigenvalue weighted by atomic mass is 16.5. The van der Waals surface area contributed by atoms with Crippen molar-refractivity contribution in [1.82, 2.24) is 0 Å². The van der Waals surface area contributed by atoms with Crippen molar-refractivity contribution >= 4 is 17.6 Å². The van der Waals surface area contributed by atoms with Gasteiger partial charge in [-0.15, -0.1) is 0 Å². The molecule has 154 valence electrons. The zero-order chi connectivity index (χ0) is 21.7. The summed E-state index contributed by atoms with van der Waals surface area (Å²) in [6, 6.07) is 15.0. The summed E-state index contributed by atoms with van der Waals surface area (Å²) < 4.78 is 15.4. The molecule has 1 N–H and O–H groups in total. The molecule has 0 radical (unpaired) electrons. The Morgan fingerprint density at radius 2 is 1.67 bits per heavy atom. The van der Waals surface area contributed by atoms with Gasteiger partial charge in [0.2, 0.25) is 0 Å². The highest BCUT2D eigenvalue weighted by Gasteiger charge is 2.17. The molecule has 0 aliphatic carbocycles. The first kappa shape index (κ1) is 20.9. The van der Waals surface area contributed by atoms with Gasteiger partial charge in [0.15, 0.2) is 0 Å². The largest absolute Gasteiger partial charge is 0.497 e. The van der Waals surface area contributed by atoms with Crippen molar-refractivity contribution in [2.75, 3.05) is 12.4 Å². The topological polar surface area (TPSA) is 94.8 Å². The zero-order valence-corrected chi connectivity index (χ0v) is 16.9. The van der Waals surface area contributed by atoms with Crippen LogP contribution in [0.2, 0.25) is 0 Å². The van der Waals surface area contributed by atoms with Crippen LogP contribution in [0.25, 0.3) is 0 Å². The van der Waals surface area contributed by atoms with Crippen LogP contribution in [0.4, 0.5) is 5.69 Å². The molecular weight excluding hydrogens is 386 g/mol. The molecule has 0 saturated heterocycles. The maximum atomic E-state index is 12.4. The van der Waals surface area contributed by atoms with Gasteiger partial charge in [0.05, 0.1) is 7.11 Å². The molecule has 3 aromatic rings. The molecule has 0 unspecified atom stereocenters. The predicted molar refractivity (Wildman–Crippen MR) is 111 cm³/mol. The van der Waals surface area contributed by atoms with Crippen LogP contribution >= 0.6 is 0 Å². The van der Waals surface area contributed by atoms with Crippen molar-refractivity contribution in [1.29, 1.82) is 0 Å². The smallest absolute Gasteiger partial charge is 0.342 e. The number of rotatable bonds is 6. The standard InChI is InChI=1S/C23H21NO6/c1-14-12-20(25)30-15(2)21(14)23(27)29-13-16-4-6-17(7-5-16)22(26)24-18-8-10-19(28-3)11-9-18/h4-12H,13H2,1-3H3,(H,24,26). The van der Waals surface area contributed by atoms with E-state index >= 15 is 0 Å². The number of anilines is 1. The number of hydrogen-bond acceptors (Lipinski definition) is 6. The second-order valence-electron chi connectivity index (χ2n) is 6.64. The monoisotopic (exact) mass is 407 g/mol. The van der Waals surface area contributed by atoms with Gasteiger partial charge < -0.3 is 19.2 Å². The number of esters is 1. The molecule has 0 spiro atoms. The summed E-state index contributed by atoms with van der Waals surface area (Å²) in [4.78, 5) is 36.0. The quantitative estimate of drug-likeness (QED) is 0.623. The van der Waals surface area contributed by atoms with Crippen LogP contribution in [-0.4, -0.2) is 19.0 Å². The van der Waals surface area contributed by atoms with Crippen LogP contribution in [-0.2, 0) is 11.3 Å². The predicted octanol–water partition coefficient (Wildman–Crippen LogP) is 3.87. The van der Waals surface area contributed by atoms with E-state index in [1.807, 2.05) is 0 Å². The Labute approximate surface area is 173 Å². The highest BCUT2D eigenvalue weighted by Crippen LogP contribution is 2.17. The van der Waals surface area contributed by atoms with E-state index in [2.05, 4.69) is 5.32 Å². The van der Waals surface area contributed by atoms with Crippen molar-refractivity contribution in [3.8, 4) is 5.75 Å². The fourth-order valence-electron chi connectivity index (χ4n) is 2.91. The van der Waals surface area contributed by atoms with Crippen molar-refractivity contribution in [2.45, 2.75) is 20.5 Å². The third-order valence-corrected chi connectivity index (χ3v) is 4.47. The number of carbonyl (C=O) groups excluding carboxylic acids is 2. The molecule has 1 amide bonds. The number of benzene rings is 2. The molecule has 0 saturated carbocycles. The van der Waals surface area contributed by atoms with Crippen LogP contribution in [0.5, 0.6) is 5.75 Å². The highest BCUT2D eigenvalue weighted by molar-refractivity contribution is 6.04. The zero-order valence-electron chi connectivity index (χ0n) is 16.9. The van der Waals surface area contributed by atoms with Crippen LogP contribution in [0.15, 0.2) is 63.8 Å². The van der Waals surface area contributed by atoms with Gasteiger partial charge in [-0.3, -0.25) is 4.79 Å². The Morgan fingerprint density at radius 1 is 1.00 bits per heavy atom. The summed E-state index contributed by atoms with van der Waals surface area (Å²) in [6.07, 6.45) is 0. The lowest BCUT2D eigenvalue weighted by molar-refractivity contribution is 0.0467. The van der Waals surface area contributed by atoms with E-state index in [-0.39, 0.29) is 23.8 Å². The number of nitrogens with one attached hydrogen (secondary N) is 1. The Bertz CT molecular complexity index is 1090. The fourth-order valence-corrected chi connectivity index (χ4v) is 2.91. The molecule has 2 aromatic carbocycles. The van der Waals surface area contributed by atoms with Crippen molar-refractivity contribution in [2.24, 2.45) is 0 Å². The molecule has 7 nitrogen and oxygen atoms in total. The van der Waals surface area contributed by atoms with Gasteiger partial charge in [-0.2, -0.15) is 0 Å². The van der Waals surface area contributed by atoms with Gasteiger partial charge in [0, 0.05) is 17.3 Å². The summed E-state index contributed by atoms with van der Waals surface area (Å²) >= 11 is 0. The van der Waals surface area contributed by atoms with Crippen molar-refractivity contribution in [3.05, 3.63) is 93.0 Å². The maximum Gasteiger partial charge on any atom is 0.342 e. The molecule has 0 atom stereocenters. The van der Waals surface area contributed by atoms with Gasteiger partial charge in [0.25, 0.3) is 5.91 Å². The van der Waals surface area contributed by atoms with Gasteiger partial charge in [-0.25, -0.2) is 9.59 Å². The van der Waals surface area contributed by atoms with E-state index in [1.165, 1.54) is 6.07 Å². The fraction of sp³-hybridized carbons (Fsp3) is 0.174. The Balaban J connectivity index is 1.61. The van der Waals surface area contributed by atoms with Crippen LogP contribution in [0.3, 0.4) is 0 Å². The summed E-state index contributed by atoms with van der Waals surface area (Å²) in [5.74, 6) is 0.0924. The van der Waals surface area contributed by atoms with Crippen LogP contribution in [0.1, 0.15) is 37.6 Å². The summed E-state index contributed by atoms with van der Waals surface area (Å²) in [6.45, 7) is 3.22. The minimum absolute atomic E-state index is 0.0250. The summed E-state index contributed by atoms with van der Waals surface area (Å²) in [7, 11) is 1.58. The summed E-state index contributed by atoms with van der Waals surface area (Å²) in [5.41, 5.74) is 2.07. The minimum Gasteiger partial charge on any atom is -0.497 e. The molecule has 0 aliphatic heterocycles. The van der Waals surface area contributed by atoms with Crippen LogP contribution in [0, 0.1) is 13.8 Å². The minimum atomic E-state index is -0.574. The lowest BCUT2D eigenvalue weighted by Gasteiger charge is -2.09. The molecule has 0 fully saturated rings. The van der Waals surface area contributed by atoms with Gasteiger partial charge >= 0.3 is 11.6 Å². The second-order valence-corrected chi connectivity index (χ2v) is 6.64. The Morgan fingerprint density at radius 3 is 2.27 bits per heavy atom. The first-order chi connectivity index (χ1) is 14.4. The van der Waals surface area contributed by atoms with E-state index < -0.39 is 11.6 Å². The summed E-state index contributed by atoms with van der Waals surface area (Å²) in [5, 5.41) is 2.80. The van der Waals surface area contributed by atoms with E-state index in [1.54, 1.807) is 69.5 Å². The Kier molecular flexibility index (Phi) is 6.32. The Hall–Kier alpha value is -3.87. The maximum absolute atomic E-state index is 12.4. The second kappa shape index (κ2) is 9.09. The molecule has 0 bridgehead atoms. The first-order valence-electron chi connectivity index (χ1n) is 9.20. The third-order valence-electron chi connectivity index (χ3n) is 4.47. The van der Waals surface area contributed by atoms with E-state index in [9.17, 15) is 14.4 Å². The van der Waals surface area contributed by atoms with Gasteiger partial charge in [-0.1, -0.05) is 12.1 Å². The number of amides is 1. The molecule has 1 heterocycles. The van der Waals surface area contributed by atoms with Crippen molar-refractivity contribution < 1.29 is 23.5 Å². The van der Waals surface area contributed by atoms with Crippen molar-refractivity contribution in [3.63, 3.8) is 0 Å². The average molecular weight is 407 g/mol. The lowest BCUT2D eigenvalue weighted by Crippen LogP contribution is -2.13.